The molecule has 2 nitrogen and oxygen atoms in total. The van der Waals surface area contributed by atoms with E-state index in [4.69, 9.17) is 9.47 Å². The first-order valence-corrected chi connectivity index (χ1v) is 7.65. The molecule has 0 aliphatic carbocycles. The molecule has 3 aromatic carbocycles. The first kappa shape index (κ1) is 15.2. The van der Waals surface area contributed by atoms with Crippen molar-refractivity contribution in [2.24, 2.45) is 0 Å². The van der Waals surface area contributed by atoms with Crippen LogP contribution in [0.1, 0.15) is 5.56 Å². The molecule has 0 heterocycles. The van der Waals surface area contributed by atoms with Crippen LogP contribution >= 0.6 is 0 Å². The third-order valence-corrected chi connectivity index (χ3v) is 3.84. The summed E-state index contributed by atoms with van der Waals surface area (Å²) < 4.78 is 11.2. The number of rotatable bonds is 4. The first-order valence-electron chi connectivity index (χ1n) is 7.65. The molecule has 0 N–H and O–H groups in total. The molecular formula is C20H19BO2. The smallest absolute Gasteiger partial charge is 0.144 e. The van der Waals surface area contributed by atoms with Gasteiger partial charge < -0.3 is 9.47 Å². The molecule has 0 unspecified atom stereocenters. The van der Waals surface area contributed by atoms with Crippen LogP contribution < -0.4 is 14.9 Å². The maximum absolute atomic E-state index is 5.97. The van der Waals surface area contributed by atoms with Gasteiger partial charge >= 0.3 is 0 Å². The van der Waals surface area contributed by atoms with E-state index in [1.54, 1.807) is 7.11 Å². The quantitative estimate of drug-likeness (QED) is 0.684. The largest absolute Gasteiger partial charge is 0.497 e. The van der Waals surface area contributed by atoms with Crippen molar-refractivity contribution in [3.63, 3.8) is 0 Å². The van der Waals surface area contributed by atoms with Gasteiger partial charge in [-0.2, -0.15) is 0 Å². The lowest BCUT2D eigenvalue weighted by molar-refractivity contribution is 0.415. The number of ether oxygens (including phenoxy) is 2. The average Bonchev–Trinajstić information content (AvgIpc) is 2.58. The predicted molar refractivity (Wildman–Crippen MR) is 97.9 cm³/mol. The summed E-state index contributed by atoms with van der Waals surface area (Å²) in [7, 11) is 3.74. The number of aryl methyl sites for hydroxylation is 1. The topological polar surface area (TPSA) is 18.5 Å². The molecule has 0 radical (unpaired) electrons. The molecule has 0 spiro atoms. The van der Waals surface area contributed by atoms with Crippen LogP contribution in [0, 0.1) is 6.92 Å². The van der Waals surface area contributed by atoms with E-state index in [1.165, 1.54) is 5.56 Å². The minimum atomic E-state index is 0.842. The first-order chi connectivity index (χ1) is 11.2. The molecule has 0 amide bonds. The fraction of sp³-hybridized carbons (Fsp3) is 0.100. The Bertz CT molecular complexity index is 793. The van der Waals surface area contributed by atoms with Crippen LogP contribution in [0.3, 0.4) is 0 Å². The summed E-state index contributed by atoms with van der Waals surface area (Å²) in [4.78, 5) is 0. The second kappa shape index (κ2) is 6.61. The van der Waals surface area contributed by atoms with Gasteiger partial charge in [0.2, 0.25) is 0 Å². The summed E-state index contributed by atoms with van der Waals surface area (Å²) in [6.07, 6.45) is 0. The number of methoxy groups -OCH3 is 1. The van der Waals surface area contributed by atoms with E-state index in [-0.39, 0.29) is 0 Å². The Balaban J connectivity index is 1.78. The van der Waals surface area contributed by atoms with Gasteiger partial charge in [0.1, 0.15) is 25.1 Å². The highest BCUT2D eigenvalue weighted by molar-refractivity contribution is 6.34. The molecule has 0 aromatic heterocycles. The Kier molecular flexibility index (Phi) is 4.38. The monoisotopic (exact) mass is 302 g/mol. The Hall–Kier alpha value is -2.68. The molecule has 114 valence electrons. The summed E-state index contributed by atoms with van der Waals surface area (Å²) in [6.45, 7) is 2.08. The zero-order valence-corrected chi connectivity index (χ0v) is 13.7. The molecular weight excluding hydrogens is 283 g/mol. The Labute approximate surface area is 138 Å². The average molecular weight is 302 g/mol. The molecule has 3 heteroatoms. The van der Waals surface area contributed by atoms with Gasteiger partial charge in [0, 0.05) is 0 Å². The fourth-order valence-corrected chi connectivity index (χ4v) is 2.54. The highest BCUT2D eigenvalue weighted by atomic mass is 16.5. The molecule has 0 aliphatic rings. The van der Waals surface area contributed by atoms with Gasteiger partial charge in [0.15, 0.2) is 0 Å². The summed E-state index contributed by atoms with van der Waals surface area (Å²) in [5.74, 6) is 2.60. The molecule has 0 atom stereocenters. The minimum absolute atomic E-state index is 0.842. The van der Waals surface area contributed by atoms with Crippen molar-refractivity contribution < 1.29 is 9.47 Å². The molecule has 3 aromatic rings. The molecule has 0 aliphatic heterocycles. The van der Waals surface area contributed by atoms with Crippen molar-refractivity contribution >= 4 is 13.3 Å². The van der Waals surface area contributed by atoms with Gasteiger partial charge in [-0.3, -0.25) is 0 Å². The van der Waals surface area contributed by atoms with Crippen molar-refractivity contribution in [1.29, 1.82) is 0 Å². The van der Waals surface area contributed by atoms with Crippen LogP contribution in [0.25, 0.3) is 11.1 Å². The van der Waals surface area contributed by atoms with E-state index in [0.717, 1.165) is 33.8 Å². The van der Waals surface area contributed by atoms with Gasteiger partial charge in [-0.25, -0.2) is 0 Å². The second-order valence-electron chi connectivity index (χ2n) is 5.62. The van der Waals surface area contributed by atoms with Crippen LogP contribution in [-0.4, -0.2) is 15.0 Å². The van der Waals surface area contributed by atoms with Gasteiger partial charge in [0.05, 0.1) is 7.11 Å². The van der Waals surface area contributed by atoms with Crippen LogP contribution in [0.2, 0.25) is 0 Å². The Morgan fingerprint density at radius 2 is 1.30 bits per heavy atom. The highest BCUT2D eigenvalue weighted by Gasteiger charge is 2.03. The van der Waals surface area contributed by atoms with Crippen LogP contribution in [0.4, 0.5) is 0 Å². The summed E-state index contributed by atoms with van der Waals surface area (Å²) in [5, 5.41) is 0. The van der Waals surface area contributed by atoms with Crippen molar-refractivity contribution in [3.8, 4) is 28.4 Å². The molecule has 3 rings (SSSR count). The molecule has 0 saturated carbocycles. The van der Waals surface area contributed by atoms with E-state index in [2.05, 4.69) is 51.2 Å². The second-order valence-corrected chi connectivity index (χ2v) is 5.62. The zero-order valence-electron chi connectivity index (χ0n) is 13.7. The highest BCUT2D eigenvalue weighted by Crippen LogP contribution is 2.26. The molecule has 0 saturated heterocycles. The van der Waals surface area contributed by atoms with Crippen molar-refractivity contribution in [2.75, 3.05) is 7.11 Å². The van der Waals surface area contributed by atoms with Gasteiger partial charge in [0.25, 0.3) is 0 Å². The number of hydrogen-bond donors (Lipinski definition) is 0. The van der Waals surface area contributed by atoms with E-state index < -0.39 is 0 Å². The summed E-state index contributed by atoms with van der Waals surface area (Å²) >= 11 is 0. The predicted octanol–water partition coefficient (Wildman–Crippen LogP) is 3.72. The summed E-state index contributed by atoms with van der Waals surface area (Å²) in [6, 6.07) is 22.4. The van der Waals surface area contributed by atoms with E-state index in [0.29, 0.717) is 0 Å². The lowest BCUT2D eigenvalue weighted by Gasteiger charge is -2.10. The van der Waals surface area contributed by atoms with Crippen molar-refractivity contribution in [3.05, 3.63) is 72.3 Å². The van der Waals surface area contributed by atoms with Crippen molar-refractivity contribution in [1.82, 2.24) is 0 Å². The van der Waals surface area contributed by atoms with Gasteiger partial charge in [-0.05, 0) is 53.8 Å². The normalized spacial score (nSPS) is 10.3. The third kappa shape index (κ3) is 3.57. The van der Waals surface area contributed by atoms with E-state index in [1.807, 2.05) is 30.3 Å². The Morgan fingerprint density at radius 1 is 0.739 bits per heavy atom. The third-order valence-electron chi connectivity index (χ3n) is 3.84. The SMILES string of the molecule is Bc1cc(C)ccc1Oc1ccc(-c2ccc(OC)cc2)cc1. The van der Waals surface area contributed by atoms with Crippen LogP contribution in [0.5, 0.6) is 17.2 Å². The number of hydrogen-bond acceptors (Lipinski definition) is 2. The van der Waals surface area contributed by atoms with Gasteiger partial charge in [-0.1, -0.05) is 42.0 Å². The number of benzene rings is 3. The van der Waals surface area contributed by atoms with E-state index in [9.17, 15) is 0 Å². The van der Waals surface area contributed by atoms with Gasteiger partial charge in [-0.15, -0.1) is 0 Å². The summed E-state index contributed by atoms with van der Waals surface area (Å²) in [5.41, 5.74) is 4.69. The van der Waals surface area contributed by atoms with Crippen molar-refractivity contribution in [2.45, 2.75) is 6.92 Å². The molecule has 0 fully saturated rings. The van der Waals surface area contributed by atoms with Crippen LogP contribution in [0.15, 0.2) is 66.7 Å². The molecule has 0 bridgehead atoms. The van der Waals surface area contributed by atoms with E-state index >= 15 is 0 Å². The van der Waals surface area contributed by atoms with Crippen LogP contribution in [-0.2, 0) is 0 Å². The molecule has 23 heavy (non-hydrogen) atoms. The Morgan fingerprint density at radius 3 is 1.83 bits per heavy atom. The zero-order chi connectivity index (χ0) is 16.2. The maximum atomic E-state index is 5.97. The fourth-order valence-electron chi connectivity index (χ4n) is 2.54. The standard InChI is InChI=1S/C20H19BO2/c1-14-3-12-20(19(21)13-14)23-18-10-6-16(7-11-18)15-4-8-17(22-2)9-5-15/h3-13H,21H2,1-2H3. The minimum Gasteiger partial charge on any atom is -0.497 e. The maximum Gasteiger partial charge on any atom is 0.144 e. The lowest BCUT2D eigenvalue weighted by atomic mass is 9.93. The lowest BCUT2D eigenvalue weighted by Crippen LogP contribution is -2.06.